The van der Waals surface area contributed by atoms with Crippen LogP contribution in [0.25, 0.3) is 10.9 Å². The Morgan fingerprint density at radius 1 is 1.29 bits per heavy atom. The summed E-state index contributed by atoms with van der Waals surface area (Å²) in [5.41, 5.74) is 1.93. The summed E-state index contributed by atoms with van der Waals surface area (Å²) in [6.07, 6.45) is 4.26. The van der Waals surface area contributed by atoms with Gasteiger partial charge in [-0.05, 0) is 44.6 Å². The number of hydrogen-bond acceptors (Lipinski definition) is 3. The minimum absolute atomic E-state index is 0.0997. The number of para-hydroxylation sites is 1. The van der Waals surface area contributed by atoms with E-state index in [1.54, 1.807) is 6.20 Å². The van der Waals surface area contributed by atoms with Crippen molar-refractivity contribution in [2.24, 2.45) is 0 Å². The van der Waals surface area contributed by atoms with Gasteiger partial charge >= 0.3 is 0 Å². The number of benzene rings is 1. The predicted molar refractivity (Wildman–Crippen MR) is 84.1 cm³/mol. The number of hydrogen-bond donors (Lipinski definition) is 1. The lowest BCUT2D eigenvalue weighted by atomic mass is 10.0. The molecule has 1 aliphatic rings. The normalized spacial score (nSPS) is 17.0. The molecule has 2 aromatic rings. The lowest BCUT2D eigenvalue weighted by molar-refractivity contribution is -0.121. The highest BCUT2D eigenvalue weighted by Gasteiger charge is 2.18. The molecule has 1 aliphatic heterocycles. The van der Waals surface area contributed by atoms with Crippen molar-refractivity contribution in [3.05, 3.63) is 42.1 Å². The number of carbonyl (C=O) groups excluding carboxylic acids is 1. The van der Waals surface area contributed by atoms with Crippen LogP contribution in [0.3, 0.4) is 0 Å². The van der Waals surface area contributed by atoms with E-state index in [1.165, 1.54) is 0 Å². The van der Waals surface area contributed by atoms with Crippen molar-refractivity contribution in [2.75, 3.05) is 20.1 Å². The first kappa shape index (κ1) is 14.0. The summed E-state index contributed by atoms with van der Waals surface area (Å²) in [6.45, 7) is 2.11. The van der Waals surface area contributed by atoms with Gasteiger partial charge in [-0.1, -0.05) is 24.3 Å². The van der Waals surface area contributed by atoms with Crippen LogP contribution in [0.5, 0.6) is 0 Å². The largest absolute Gasteiger partial charge is 0.353 e. The molecule has 3 rings (SSSR count). The first-order valence-electron chi connectivity index (χ1n) is 7.53. The Kier molecular flexibility index (Phi) is 4.15. The van der Waals surface area contributed by atoms with Crippen LogP contribution < -0.4 is 5.32 Å². The Bertz CT molecular complexity index is 627. The van der Waals surface area contributed by atoms with Gasteiger partial charge in [0.25, 0.3) is 0 Å². The van der Waals surface area contributed by atoms with E-state index in [2.05, 4.69) is 22.2 Å². The van der Waals surface area contributed by atoms with Crippen molar-refractivity contribution in [2.45, 2.75) is 25.3 Å². The number of carbonyl (C=O) groups is 1. The molecule has 0 radical (unpaired) electrons. The maximum absolute atomic E-state index is 12.3. The van der Waals surface area contributed by atoms with E-state index in [9.17, 15) is 4.79 Å². The molecular weight excluding hydrogens is 262 g/mol. The maximum atomic E-state index is 12.3. The standard InChI is InChI=1S/C17H21N3O/c1-20-10-7-15(8-11-20)19-16(21)12-14-5-2-4-13-6-3-9-18-17(13)14/h2-6,9,15H,7-8,10-12H2,1H3,(H,19,21). The van der Waals surface area contributed by atoms with Crippen molar-refractivity contribution in [1.29, 1.82) is 0 Å². The molecule has 0 bridgehead atoms. The third kappa shape index (κ3) is 3.39. The Morgan fingerprint density at radius 3 is 2.86 bits per heavy atom. The molecule has 0 saturated carbocycles. The predicted octanol–water partition coefficient (Wildman–Crippen LogP) is 1.99. The van der Waals surface area contributed by atoms with Crippen molar-refractivity contribution in [3.8, 4) is 0 Å². The SMILES string of the molecule is CN1CCC(NC(=O)Cc2cccc3cccnc23)CC1. The van der Waals surface area contributed by atoms with Gasteiger partial charge in [-0.15, -0.1) is 0 Å². The molecule has 0 unspecified atom stereocenters. The third-order valence-electron chi connectivity index (χ3n) is 4.15. The zero-order chi connectivity index (χ0) is 14.7. The molecule has 110 valence electrons. The molecule has 1 aromatic heterocycles. The number of nitrogens with zero attached hydrogens (tertiary/aromatic N) is 2. The average Bonchev–Trinajstić information content (AvgIpc) is 2.50. The second-order valence-corrected chi connectivity index (χ2v) is 5.81. The van der Waals surface area contributed by atoms with E-state index < -0.39 is 0 Å². The van der Waals surface area contributed by atoms with Crippen LogP contribution in [0, 0.1) is 0 Å². The minimum Gasteiger partial charge on any atom is -0.353 e. The van der Waals surface area contributed by atoms with Gasteiger partial charge < -0.3 is 10.2 Å². The fourth-order valence-electron chi connectivity index (χ4n) is 2.91. The molecule has 0 atom stereocenters. The highest BCUT2D eigenvalue weighted by atomic mass is 16.1. The van der Waals surface area contributed by atoms with Gasteiger partial charge in [-0.25, -0.2) is 0 Å². The second kappa shape index (κ2) is 6.22. The average molecular weight is 283 g/mol. The Labute approximate surface area is 125 Å². The molecule has 1 amide bonds. The Morgan fingerprint density at radius 2 is 2.05 bits per heavy atom. The van der Waals surface area contributed by atoms with Crippen LogP contribution >= 0.6 is 0 Å². The number of pyridine rings is 1. The van der Waals surface area contributed by atoms with Gasteiger partial charge in [-0.3, -0.25) is 9.78 Å². The highest BCUT2D eigenvalue weighted by Crippen LogP contribution is 2.16. The van der Waals surface area contributed by atoms with Gasteiger partial charge in [-0.2, -0.15) is 0 Å². The van der Waals surface area contributed by atoms with Crippen molar-refractivity contribution >= 4 is 16.8 Å². The lowest BCUT2D eigenvalue weighted by Gasteiger charge is -2.29. The molecule has 1 aromatic carbocycles. The summed E-state index contributed by atoms with van der Waals surface area (Å²) >= 11 is 0. The topological polar surface area (TPSA) is 45.2 Å². The molecule has 21 heavy (non-hydrogen) atoms. The molecule has 1 fully saturated rings. The van der Waals surface area contributed by atoms with Crippen LogP contribution in [-0.2, 0) is 11.2 Å². The zero-order valence-electron chi connectivity index (χ0n) is 12.4. The van der Waals surface area contributed by atoms with E-state index in [1.807, 2.05) is 30.3 Å². The van der Waals surface area contributed by atoms with Crippen molar-refractivity contribution < 1.29 is 4.79 Å². The molecular formula is C17H21N3O. The Hall–Kier alpha value is -1.94. The smallest absolute Gasteiger partial charge is 0.224 e. The van der Waals surface area contributed by atoms with E-state index in [4.69, 9.17) is 0 Å². The fourth-order valence-corrected chi connectivity index (χ4v) is 2.91. The number of fused-ring (bicyclic) bond motifs is 1. The van der Waals surface area contributed by atoms with E-state index >= 15 is 0 Å². The molecule has 1 saturated heterocycles. The van der Waals surface area contributed by atoms with E-state index in [0.717, 1.165) is 42.4 Å². The van der Waals surface area contributed by atoms with Crippen molar-refractivity contribution in [3.63, 3.8) is 0 Å². The fraction of sp³-hybridized carbons (Fsp3) is 0.412. The van der Waals surface area contributed by atoms with Crippen LogP contribution in [0.1, 0.15) is 18.4 Å². The van der Waals surface area contributed by atoms with Crippen LogP contribution in [0.15, 0.2) is 36.5 Å². The second-order valence-electron chi connectivity index (χ2n) is 5.81. The van der Waals surface area contributed by atoms with Crippen molar-refractivity contribution in [1.82, 2.24) is 15.2 Å². The van der Waals surface area contributed by atoms with Crippen LogP contribution in [0.4, 0.5) is 0 Å². The number of likely N-dealkylation sites (tertiary alicyclic amines) is 1. The number of nitrogens with one attached hydrogen (secondary N) is 1. The van der Waals surface area contributed by atoms with Crippen LogP contribution in [0.2, 0.25) is 0 Å². The first-order valence-corrected chi connectivity index (χ1v) is 7.53. The van der Waals surface area contributed by atoms with Crippen LogP contribution in [-0.4, -0.2) is 42.0 Å². The van der Waals surface area contributed by atoms with Gasteiger partial charge in [0.15, 0.2) is 0 Å². The van der Waals surface area contributed by atoms with Gasteiger partial charge in [0, 0.05) is 17.6 Å². The molecule has 0 spiro atoms. The summed E-state index contributed by atoms with van der Waals surface area (Å²) in [5.74, 6) is 0.0997. The molecule has 4 nitrogen and oxygen atoms in total. The summed E-state index contributed by atoms with van der Waals surface area (Å²) in [6, 6.07) is 10.3. The first-order chi connectivity index (χ1) is 10.2. The quantitative estimate of drug-likeness (QED) is 0.937. The number of aromatic nitrogens is 1. The summed E-state index contributed by atoms with van der Waals surface area (Å²) in [4.78, 5) is 19.0. The van der Waals surface area contributed by atoms with Gasteiger partial charge in [0.1, 0.15) is 0 Å². The highest BCUT2D eigenvalue weighted by molar-refractivity contribution is 5.87. The number of rotatable bonds is 3. The number of amides is 1. The monoisotopic (exact) mass is 283 g/mol. The minimum atomic E-state index is 0.0997. The molecule has 4 heteroatoms. The summed E-state index contributed by atoms with van der Waals surface area (Å²) in [7, 11) is 2.12. The zero-order valence-corrected chi connectivity index (χ0v) is 12.4. The van der Waals surface area contributed by atoms with Gasteiger partial charge in [0.2, 0.25) is 5.91 Å². The van der Waals surface area contributed by atoms with E-state index in [-0.39, 0.29) is 5.91 Å². The summed E-state index contributed by atoms with van der Waals surface area (Å²) in [5, 5.41) is 4.24. The maximum Gasteiger partial charge on any atom is 0.224 e. The molecule has 0 aliphatic carbocycles. The summed E-state index contributed by atoms with van der Waals surface area (Å²) < 4.78 is 0. The Balaban J connectivity index is 1.66. The lowest BCUT2D eigenvalue weighted by Crippen LogP contribution is -2.43. The molecule has 1 N–H and O–H groups in total. The third-order valence-corrected chi connectivity index (χ3v) is 4.15. The van der Waals surface area contributed by atoms with Gasteiger partial charge in [0.05, 0.1) is 11.9 Å². The molecule has 2 heterocycles. The number of piperidine rings is 1. The van der Waals surface area contributed by atoms with E-state index in [0.29, 0.717) is 12.5 Å².